The number of hydrogen-bond acceptors (Lipinski definition) is 0. The van der Waals surface area contributed by atoms with Crippen molar-refractivity contribution in [2.24, 2.45) is 0 Å². The second-order valence-corrected chi connectivity index (χ2v) is 5.81. The van der Waals surface area contributed by atoms with Gasteiger partial charge in [0.1, 0.15) is 0 Å². The summed E-state index contributed by atoms with van der Waals surface area (Å²) in [6.07, 6.45) is 5.02. The number of hydrogen-bond donors (Lipinski definition) is 0. The molecule has 130 valence electrons. The molecule has 0 atom stereocenters. The molecular weight excluding hydrogens is 292 g/mol. The quantitative estimate of drug-likeness (QED) is 0.189. The number of unbranched alkanes of at least 4 members (excludes halogenated alkanes) is 4. The maximum atomic E-state index is 13.2. The summed E-state index contributed by atoms with van der Waals surface area (Å²) in [6, 6.07) is 0. The molecule has 0 aliphatic heterocycles. The van der Waals surface area contributed by atoms with Crippen molar-refractivity contribution in [2.75, 3.05) is 0 Å². The lowest BCUT2D eigenvalue weighted by molar-refractivity contribution is -0.132. The smallest absolute Gasteiger partial charge is 0.204 e. The van der Waals surface area contributed by atoms with Crippen LogP contribution >= 0.6 is 0 Å². The average Bonchev–Trinajstić information content (AvgIpc) is 2.48. The first-order chi connectivity index (χ1) is 10.4. The third-order valence-corrected chi connectivity index (χ3v) is 3.91. The molecule has 0 unspecified atom stereocenters. The third-order valence-electron chi connectivity index (χ3n) is 3.91. The predicted octanol–water partition coefficient (Wildman–Crippen LogP) is 7.31. The van der Waals surface area contributed by atoms with Gasteiger partial charge in [0, 0.05) is 6.42 Å². The van der Waals surface area contributed by atoms with Crippen LogP contribution in [-0.2, 0) is 0 Å². The fraction of sp³-hybridized carbons (Fsp3) is 0.778. The Balaban J connectivity index is 4.86. The van der Waals surface area contributed by atoms with E-state index in [1.54, 1.807) is 6.08 Å². The lowest BCUT2D eigenvalue weighted by Crippen LogP contribution is -2.26. The predicted molar refractivity (Wildman–Crippen MR) is 85.7 cm³/mol. The summed E-state index contributed by atoms with van der Waals surface area (Å²) in [5.74, 6) is -3.90. The number of rotatable bonds is 13. The molecule has 0 amide bonds. The molecule has 0 fully saturated rings. The van der Waals surface area contributed by atoms with Gasteiger partial charge in [0.25, 0.3) is 0 Å². The van der Waals surface area contributed by atoms with Crippen molar-refractivity contribution in [2.45, 2.75) is 90.4 Å². The van der Waals surface area contributed by atoms with E-state index < -0.39 is 18.8 Å². The summed E-state index contributed by atoms with van der Waals surface area (Å²) >= 11 is 0. The second-order valence-electron chi connectivity index (χ2n) is 5.81. The van der Waals surface area contributed by atoms with Gasteiger partial charge < -0.3 is 0 Å². The molecule has 0 rings (SSSR count). The van der Waals surface area contributed by atoms with Crippen molar-refractivity contribution >= 4 is 0 Å². The maximum absolute atomic E-state index is 13.2. The van der Waals surface area contributed by atoms with Crippen LogP contribution in [0.5, 0.6) is 0 Å². The molecule has 0 aliphatic rings. The van der Waals surface area contributed by atoms with E-state index >= 15 is 0 Å². The van der Waals surface area contributed by atoms with Gasteiger partial charge in [0.2, 0.25) is 0 Å². The lowest BCUT2D eigenvalue weighted by atomic mass is 9.93. The normalized spacial score (nSPS) is 13.4. The van der Waals surface area contributed by atoms with E-state index in [4.69, 9.17) is 0 Å². The van der Waals surface area contributed by atoms with E-state index in [1.807, 2.05) is 0 Å². The van der Waals surface area contributed by atoms with Gasteiger partial charge in [0.05, 0.1) is 0 Å². The van der Waals surface area contributed by atoms with Gasteiger partial charge in [-0.1, -0.05) is 57.8 Å². The highest BCUT2D eigenvalue weighted by molar-refractivity contribution is 5.24. The number of allylic oxidation sites excluding steroid dienone is 3. The molecule has 0 heterocycles. The van der Waals surface area contributed by atoms with Crippen molar-refractivity contribution in [1.29, 1.82) is 0 Å². The largest absolute Gasteiger partial charge is 0.307 e. The zero-order chi connectivity index (χ0) is 17.0. The first-order valence-corrected chi connectivity index (χ1v) is 8.38. The van der Waals surface area contributed by atoms with Crippen LogP contribution in [0.3, 0.4) is 0 Å². The highest BCUT2D eigenvalue weighted by Crippen LogP contribution is 2.32. The molecule has 0 aliphatic carbocycles. The Labute approximate surface area is 132 Å². The minimum Gasteiger partial charge on any atom is -0.204 e. The number of halogens is 4. The Morgan fingerprint density at radius 3 is 1.95 bits per heavy atom. The number of alkyl halides is 4. The summed E-state index contributed by atoms with van der Waals surface area (Å²) in [7, 11) is 0. The summed E-state index contributed by atoms with van der Waals surface area (Å²) < 4.78 is 51.0. The topological polar surface area (TPSA) is 0 Å². The Morgan fingerprint density at radius 2 is 1.50 bits per heavy atom. The fourth-order valence-electron chi connectivity index (χ4n) is 2.45. The summed E-state index contributed by atoms with van der Waals surface area (Å²) in [5.41, 5.74) is 1.87. The molecule has 0 bridgehead atoms. The van der Waals surface area contributed by atoms with Crippen LogP contribution < -0.4 is 0 Å². The van der Waals surface area contributed by atoms with Gasteiger partial charge in [-0.15, -0.1) is 0 Å². The molecule has 0 spiro atoms. The Kier molecular flexibility index (Phi) is 11.3. The zero-order valence-electron chi connectivity index (χ0n) is 13.9. The average molecular weight is 322 g/mol. The molecule has 0 saturated heterocycles. The molecule has 4 heteroatoms. The van der Waals surface area contributed by atoms with Gasteiger partial charge in [0.15, 0.2) is 0 Å². The van der Waals surface area contributed by atoms with Crippen molar-refractivity contribution in [3.63, 3.8) is 0 Å². The highest BCUT2D eigenvalue weighted by atomic mass is 19.3. The van der Waals surface area contributed by atoms with Crippen LogP contribution in [0.25, 0.3) is 0 Å². The van der Waals surface area contributed by atoms with Crippen LogP contribution in [0.4, 0.5) is 17.6 Å². The van der Waals surface area contributed by atoms with Crippen LogP contribution in [0.1, 0.15) is 78.1 Å². The van der Waals surface area contributed by atoms with Crippen LogP contribution in [0.15, 0.2) is 23.8 Å². The van der Waals surface area contributed by atoms with Crippen LogP contribution in [-0.4, -0.2) is 12.3 Å². The molecule has 22 heavy (non-hydrogen) atoms. The van der Waals surface area contributed by atoms with Crippen LogP contribution in [0.2, 0.25) is 0 Å². The van der Waals surface area contributed by atoms with E-state index in [2.05, 4.69) is 20.4 Å². The van der Waals surface area contributed by atoms with E-state index in [-0.39, 0.29) is 6.42 Å². The maximum Gasteiger partial charge on any atom is 0.307 e. The first-order valence-electron chi connectivity index (χ1n) is 8.38. The second kappa shape index (κ2) is 11.7. The fourth-order valence-corrected chi connectivity index (χ4v) is 2.45. The Hall–Kier alpha value is -0.800. The minimum absolute atomic E-state index is 0.0362. The van der Waals surface area contributed by atoms with E-state index in [1.165, 1.54) is 0 Å². The highest BCUT2D eigenvalue weighted by Gasteiger charge is 2.40. The van der Waals surface area contributed by atoms with E-state index in [9.17, 15) is 17.6 Å². The molecule has 0 saturated carbocycles. The van der Waals surface area contributed by atoms with Crippen molar-refractivity contribution in [3.05, 3.63) is 23.8 Å². The first kappa shape index (κ1) is 21.2. The van der Waals surface area contributed by atoms with Gasteiger partial charge in [-0.3, -0.25) is 0 Å². The molecule has 0 aromatic heterocycles. The van der Waals surface area contributed by atoms with Crippen molar-refractivity contribution in [3.8, 4) is 0 Å². The SMILES string of the molecule is C=C/C(CCCCC)=C(/CCCCC)CCC(F)(F)C(F)F. The molecular formula is C18H30F4. The Bertz CT molecular complexity index is 332. The minimum atomic E-state index is -3.90. The van der Waals surface area contributed by atoms with Gasteiger partial charge in [-0.05, 0) is 37.7 Å². The van der Waals surface area contributed by atoms with Gasteiger partial charge in [-0.2, -0.15) is 0 Å². The van der Waals surface area contributed by atoms with E-state index in [0.29, 0.717) is 6.42 Å². The Morgan fingerprint density at radius 1 is 0.955 bits per heavy atom. The van der Waals surface area contributed by atoms with Crippen molar-refractivity contribution < 1.29 is 17.6 Å². The molecule has 0 aromatic rings. The van der Waals surface area contributed by atoms with Crippen LogP contribution in [0, 0.1) is 0 Å². The molecule has 0 nitrogen and oxygen atoms in total. The van der Waals surface area contributed by atoms with Crippen molar-refractivity contribution in [1.82, 2.24) is 0 Å². The molecule has 0 radical (unpaired) electrons. The molecule has 0 N–H and O–H groups in total. The lowest BCUT2D eigenvalue weighted by Gasteiger charge is -2.18. The summed E-state index contributed by atoms with van der Waals surface area (Å²) in [5, 5.41) is 0. The zero-order valence-corrected chi connectivity index (χ0v) is 13.9. The van der Waals surface area contributed by atoms with E-state index in [0.717, 1.165) is 56.1 Å². The van der Waals surface area contributed by atoms with Gasteiger partial charge >= 0.3 is 12.3 Å². The standard InChI is InChI=1S/C18H30F4/c1-4-7-9-11-15(6-3)16(12-10-8-5-2)13-14-18(21,22)17(19)20/h6,17H,3-5,7-14H2,1-2H3/b16-15+. The third kappa shape index (κ3) is 8.60. The van der Waals surface area contributed by atoms with Gasteiger partial charge in [-0.25, -0.2) is 17.6 Å². The summed E-state index contributed by atoms with van der Waals surface area (Å²) in [6.45, 7) is 7.95. The monoisotopic (exact) mass is 322 g/mol. The molecule has 0 aromatic carbocycles. The summed E-state index contributed by atoms with van der Waals surface area (Å²) in [4.78, 5) is 0.